The van der Waals surface area contributed by atoms with Gasteiger partial charge in [0.05, 0.1) is 11.0 Å². The summed E-state index contributed by atoms with van der Waals surface area (Å²) >= 11 is 0. The molecular formula is C21H21N3O8S. The number of nitrogens with one attached hydrogen (secondary N) is 2. The molecule has 4 aromatic rings. The summed E-state index contributed by atoms with van der Waals surface area (Å²) in [7, 11) is -4.67. The van der Waals surface area contributed by atoms with Crippen LogP contribution >= 0.6 is 0 Å². The lowest BCUT2D eigenvalue weighted by Crippen LogP contribution is -2.30. The predicted octanol–water partition coefficient (Wildman–Crippen LogP) is 2.06. The maximum Gasteiger partial charge on any atom is 0.394 e. The summed E-state index contributed by atoms with van der Waals surface area (Å²) in [6.45, 7) is 2.17. The van der Waals surface area contributed by atoms with Gasteiger partial charge in [0.1, 0.15) is 17.2 Å². The van der Waals surface area contributed by atoms with Crippen molar-refractivity contribution in [1.82, 2.24) is 15.3 Å². The lowest BCUT2D eigenvalue weighted by molar-refractivity contribution is -0.123. The molecule has 0 saturated heterocycles. The van der Waals surface area contributed by atoms with E-state index in [1.165, 1.54) is 6.07 Å². The number of H-pyrrole nitrogens is 1. The molecule has 33 heavy (non-hydrogen) atoms. The molecule has 2 aromatic carbocycles. The van der Waals surface area contributed by atoms with Gasteiger partial charge in [-0.2, -0.15) is 8.42 Å². The molecule has 4 N–H and O–H groups in total. The zero-order chi connectivity index (χ0) is 24.0. The molecular weight excluding hydrogens is 454 g/mol. The molecule has 0 saturated carbocycles. The second kappa shape index (κ2) is 10.3. The van der Waals surface area contributed by atoms with Crippen molar-refractivity contribution in [3.63, 3.8) is 0 Å². The molecule has 0 atom stereocenters. The second-order valence-electron chi connectivity index (χ2n) is 6.94. The largest absolute Gasteiger partial charge is 0.484 e. The Morgan fingerprint density at radius 2 is 1.91 bits per heavy atom. The van der Waals surface area contributed by atoms with Crippen LogP contribution in [0.1, 0.15) is 11.4 Å². The summed E-state index contributed by atoms with van der Waals surface area (Å²) in [6, 6.07) is 14.4. The highest BCUT2D eigenvalue weighted by atomic mass is 32.3. The predicted molar refractivity (Wildman–Crippen MR) is 120 cm³/mol. The van der Waals surface area contributed by atoms with Crippen molar-refractivity contribution in [2.24, 2.45) is 0 Å². The van der Waals surface area contributed by atoms with Gasteiger partial charge in [0, 0.05) is 30.5 Å². The molecule has 2 aromatic heterocycles. The van der Waals surface area contributed by atoms with Gasteiger partial charge in [0.15, 0.2) is 6.61 Å². The minimum absolute atomic E-state index is 0.123. The van der Waals surface area contributed by atoms with E-state index in [9.17, 15) is 9.59 Å². The number of aromatic amines is 1. The van der Waals surface area contributed by atoms with E-state index in [2.05, 4.69) is 15.3 Å². The lowest BCUT2D eigenvalue weighted by Gasteiger charge is -2.08. The molecule has 0 fully saturated rings. The highest BCUT2D eigenvalue weighted by Gasteiger charge is 2.07. The number of ether oxygens (including phenoxy) is 1. The van der Waals surface area contributed by atoms with Crippen LogP contribution in [0.25, 0.3) is 22.0 Å². The minimum atomic E-state index is -4.67. The van der Waals surface area contributed by atoms with Crippen LogP contribution in [0.15, 0.2) is 57.7 Å². The number of hydrogen-bond acceptors (Lipinski definition) is 7. The first kappa shape index (κ1) is 23.9. The van der Waals surface area contributed by atoms with Crippen molar-refractivity contribution in [2.75, 3.05) is 13.2 Å². The Morgan fingerprint density at radius 1 is 1.18 bits per heavy atom. The number of rotatable bonds is 6. The van der Waals surface area contributed by atoms with Crippen LogP contribution in [0.3, 0.4) is 0 Å². The molecule has 0 aliphatic rings. The van der Waals surface area contributed by atoms with Crippen molar-refractivity contribution in [2.45, 2.75) is 13.3 Å². The van der Waals surface area contributed by atoms with E-state index < -0.39 is 16.0 Å². The highest BCUT2D eigenvalue weighted by molar-refractivity contribution is 7.79. The van der Waals surface area contributed by atoms with E-state index in [0.29, 0.717) is 24.3 Å². The number of carbonyl (C=O) groups is 1. The van der Waals surface area contributed by atoms with E-state index in [0.717, 1.165) is 27.8 Å². The number of amides is 1. The maximum absolute atomic E-state index is 12.0. The number of imidazole rings is 1. The van der Waals surface area contributed by atoms with Crippen molar-refractivity contribution in [3.05, 3.63) is 70.3 Å². The Bertz CT molecular complexity index is 1400. The smallest absolute Gasteiger partial charge is 0.394 e. The van der Waals surface area contributed by atoms with Gasteiger partial charge < -0.3 is 19.5 Å². The van der Waals surface area contributed by atoms with Crippen LogP contribution in [0.5, 0.6) is 5.75 Å². The number of carbonyl (C=O) groups excluding carboxylic acids is 1. The average molecular weight is 475 g/mol. The Labute approximate surface area is 188 Å². The third-order valence-corrected chi connectivity index (χ3v) is 4.42. The van der Waals surface area contributed by atoms with E-state index >= 15 is 0 Å². The molecule has 2 heterocycles. The van der Waals surface area contributed by atoms with Gasteiger partial charge in [-0.1, -0.05) is 12.1 Å². The number of para-hydroxylation sites is 2. The summed E-state index contributed by atoms with van der Waals surface area (Å²) in [5.41, 5.74) is 2.75. The van der Waals surface area contributed by atoms with Gasteiger partial charge in [-0.3, -0.25) is 13.9 Å². The molecule has 0 spiro atoms. The minimum Gasteiger partial charge on any atom is -0.484 e. The van der Waals surface area contributed by atoms with Crippen molar-refractivity contribution in [1.29, 1.82) is 0 Å². The van der Waals surface area contributed by atoms with Gasteiger partial charge in [-0.15, -0.1) is 0 Å². The molecule has 0 aliphatic carbocycles. The first-order valence-corrected chi connectivity index (χ1v) is 11.1. The van der Waals surface area contributed by atoms with Crippen LogP contribution in [0.2, 0.25) is 0 Å². The first-order chi connectivity index (χ1) is 15.6. The maximum atomic E-state index is 12.0. The van der Waals surface area contributed by atoms with Gasteiger partial charge in [-0.05, 0) is 36.8 Å². The van der Waals surface area contributed by atoms with Crippen molar-refractivity contribution < 1.29 is 31.5 Å². The highest BCUT2D eigenvalue weighted by Crippen LogP contribution is 2.22. The van der Waals surface area contributed by atoms with E-state index in [1.807, 2.05) is 37.3 Å². The van der Waals surface area contributed by atoms with Gasteiger partial charge in [-0.25, -0.2) is 9.78 Å². The number of aromatic nitrogens is 2. The summed E-state index contributed by atoms with van der Waals surface area (Å²) in [5.74, 6) is 1.05. The van der Waals surface area contributed by atoms with Crippen LogP contribution in [-0.4, -0.2) is 46.6 Å². The molecule has 0 unspecified atom stereocenters. The second-order valence-corrected chi connectivity index (χ2v) is 7.84. The average Bonchev–Trinajstić information content (AvgIpc) is 3.13. The number of aryl methyl sites for hydroxylation is 1. The Hall–Kier alpha value is -3.74. The third-order valence-electron chi connectivity index (χ3n) is 4.42. The normalized spacial score (nSPS) is 11.1. The van der Waals surface area contributed by atoms with E-state index in [-0.39, 0.29) is 12.5 Å². The molecule has 0 radical (unpaired) electrons. The Balaban J connectivity index is 0.000000555. The van der Waals surface area contributed by atoms with Crippen molar-refractivity contribution in [3.8, 4) is 5.75 Å². The fourth-order valence-electron chi connectivity index (χ4n) is 3.04. The van der Waals surface area contributed by atoms with Crippen LogP contribution in [0.4, 0.5) is 0 Å². The monoisotopic (exact) mass is 475 g/mol. The van der Waals surface area contributed by atoms with E-state index in [1.54, 1.807) is 12.1 Å². The van der Waals surface area contributed by atoms with E-state index in [4.69, 9.17) is 26.7 Å². The Kier molecular flexibility index (Phi) is 7.43. The van der Waals surface area contributed by atoms with Gasteiger partial charge >= 0.3 is 16.0 Å². The fraction of sp³-hybridized carbons (Fsp3) is 0.190. The summed E-state index contributed by atoms with van der Waals surface area (Å²) < 4.78 is 42.3. The lowest BCUT2D eigenvalue weighted by atomic mass is 10.1. The molecule has 12 heteroatoms. The van der Waals surface area contributed by atoms with Gasteiger partial charge in [0.2, 0.25) is 0 Å². The topological polar surface area (TPSA) is 172 Å². The Morgan fingerprint density at radius 3 is 2.64 bits per heavy atom. The van der Waals surface area contributed by atoms with Crippen LogP contribution < -0.4 is 15.7 Å². The zero-order valence-electron chi connectivity index (χ0n) is 17.4. The zero-order valence-corrected chi connectivity index (χ0v) is 18.3. The summed E-state index contributed by atoms with van der Waals surface area (Å²) in [5, 5.41) is 3.64. The number of benzene rings is 2. The van der Waals surface area contributed by atoms with Gasteiger partial charge in [0.25, 0.3) is 5.91 Å². The molecule has 1 amide bonds. The third kappa shape index (κ3) is 7.42. The summed E-state index contributed by atoms with van der Waals surface area (Å²) in [4.78, 5) is 31.2. The molecule has 174 valence electrons. The molecule has 11 nitrogen and oxygen atoms in total. The molecule has 0 bridgehead atoms. The number of hydrogen-bond donors (Lipinski definition) is 4. The van der Waals surface area contributed by atoms with Crippen LogP contribution in [-0.2, 0) is 21.6 Å². The molecule has 4 rings (SSSR count). The van der Waals surface area contributed by atoms with Crippen LogP contribution in [0, 0.1) is 6.92 Å². The molecule has 0 aliphatic heterocycles. The standard InChI is InChI=1S/C21H19N3O4.H2O4S/c1-13-10-21(26)28-18-11-14(6-7-15(13)18)27-12-20(25)22-9-8-19-23-16-4-2-3-5-17(16)24-19;1-5(2,3)4/h2-7,10-11H,8-9,12H2,1H3,(H,22,25)(H,23,24);(H2,1,2,3,4). The number of nitrogens with zero attached hydrogens (tertiary/aromatic N) is 1. The first-order valence-electron chi connectivity index (χ1n) is 9.66. The summed E-state index contributed by atoms with van der Waals surface area (Å²) in [6.07, 6.45) is 0.598. The van der Waals surface area contributed by atoms with Crippen molar-refractivity contribution >= 4 is 38.3 Å². The number of fused-ring (bicyclic) bond motifs is 2. The fourth-order valence-corrected chi connectivity index (χ4v) is 3.04. The SMILES string of the molecule is Cc1cc(=O)oc2cc(OCC(=O)NCCc3nc4ccccc4[nH]3)ccc12.O=S(=O)(O)O. The quantitative estimate of drug-likeness (QED) is 0.240.